The van der Waals surface area contributed by atoms with Gasteiger partial charge in [-0.25, -0.2) is 0 Å². The molecule has 9 heteroatoms. The van der Waals surface area contributed by atoms with E-state index in [9.17, 15) is 4.79 Å². The first kappa shape index (κ1) is 16.1. The molecule has 2 aromatic carbocycles. The van der Waals surface area contributed by atoms with Crippen LogP contribution in [0.15, 0.2) is 30.3 Å². The molecule has 4 nitrogen and oxygen atoms in total. The van der Waals surface area contributed by atoms with Gasteiger partial charge in [0.1, 0.15) is 15.9 Å². The summed E-state index contributed by atoms with van der Waals surface area (Å²) in [5, 5.41) is 4.74. The van der Waals surface area contributed by atoms with Crippen molar-refractivity contribution in [1.82, 2.24) is 8.75 Å². The van der Waals surface area contributed by atoms with Crippen molar-refractivity contribution < 1.29 is 4.79 Å². The molecule has 0 saturated heterocycles. The topological polar surface area (TPSA) is 54.9 Å². The first-order chi connectivity index (χ1) is 11.6. The van der Waals surface area contributed by atoms with Crippen LogP contribution in [-0.2, 0) is 0 Å². The number of thiophene rings is 1. The Morgan fingerprint density at radius 1 is 1.04 bits per heavy atom. The Kier molecular flexibility index (Phi) is 4.10. The van der Waals surface area contributed by atoms with E-state index < -0.39 is 0 Å². The SMILES string of the molecule is O=C(Nc1c(Cl)cc(Cl)c2nsnc12)c1sc2ccccc2c1Cl. The van der Waals surface area contributed by atoms with Crippen LogP contribution < -0.4 is 5.32 Å². The number of nitrogens with zero attached hydrogens (tertiary/aromatic N) is 2. The van der Waals surface area contributed by atoms with Crippen LogP contribution in [0.5, 0.6) is 0 Å². The predicted molar refractivity (Wildman–Crippen MR) is 102 cm³/mol. The van der Waals surface area contributed by atoms with Gasteiger partial charge in [-0.1, -0.05) is 53.0 Å². The molecule has 1 amide bonds. The van der Waals surface area contributed by atoms with Gasteiger partial charge in [0, 0.05) is 10.1 Å². The molecule has 120 valence electrons. The molecule has 0 bridgehead atoms. The fraction of sp³-hybridized carbons (Fsp3) is 0. The molecule has 0 atom stereocenters. The summed E-state index contributed by atoms with van der Waals surface area (Å²) >= 11 is 21.0. The number of aromatic nitrogens is 2. The van der Waals surface area contributed by atoms with Gasteiger partial charge < -0.3 is 5.32 Å². The summed E-state index contributed by atoms with van der Waals surface area (Å²) in [6.45, 7) is 0. The average molecular weight is 415 g/mol. The smallest absolute Gasteiger partial charge is 0.267 e. The highest BCUT2D eigenvalue weighted by Crippen LogP contribution is 2.38. The van der Waals surface area contributed by atoms with Gasteiger partial charge in [0.25, 0.3) is 5.91 Å². The van der Waals surface area contributed by atoms with E-state index in [1.165, 1.54) is 17.4 Å². The average Bonchev–Trinajstić information content (AvgIpc) is 3.17. The minimum Gasteiger partial charge on any atom is -0.318 e. The van der Waals surface area contributed by atoms with E-state index in [0.29, 0.717) is 36.7 Å². The third kappa shape index (κ3) is 2.55. The molecular formula is C15H6Cl3N3OS2. The molecule has 0 fully saturated rings. The van der Waals surface area contributed by atoms with Crippen LogP contribution in [0.3, 0.4) is 0 Å². The highest BCUT2D eigenvalue weighted by molar-refractivity contribution is 7.21. The van der Waals surface area contributed by atoms with E-state index >= 15 is 0 Å². The molecular weight excluding hydrogens is 409 g/mol. The van der Waals surface area contributed by atoms with Crippen molar-refractivity contribution in [1.29, 1.82) is 0 Å². The molecule has 0 aliphatic rings. The number of anilines is 1. The van der Waals surface area contributed by atoms with Gasteiger partial charge in [0.05, 0.1) is 32.5 Å². The van der Waals surface area contributed by atoms with Crippen LogP contribution in [-0.4, -0.2) is 14.7 Å². The molecule has 2 aromatic heterocycles. The monoisotopic (exact) mass is 413 g/mol. The summed E-state index contributed by atoms with van der Waals surface area (Å²) in [6.07, 6.45) is 0. The summed E-state index contributed by atoms with van der Waals surface area (Å²) in [4.78, 5) is 13.1. The normalized spacial score (nSPS) is 11.3. The summed E-state index contributed by atoms with van der Waals surface area (Å²) in [6, 6.07) is 9.11. The first-order valence-electron chi connectivity index (χ1n) is 6.65. The van der Waals surface area contributed by atoms with E-state index in [4.69, 9.17) is 34.8 Å². The number of amides is 1. The fourth-order valence-electron chi connectivity index (χ4n) is 2.32. The second kappa shape index (κ2) is 6.13. The van der Waals surface area contributed by atoms with Gasteiger partial charge in [-0.05, 0) is 12.1 Å². The summed E-state index contributed by atoms with van der Waals surface area (Å²) in [7, 11) is 0. The van der Waals surface area contributed by atoms with Gasteiger partial charge in [-0.3, -0.25) is 4.79 Å². The van der Waals surface area contributed by atoms with E-state index in [1.54, 1.807) is 0 Å². The van der Waals surface area contributed by atoms with Gasteiger partial charge in [0.15, 0.2) is 0 Å². The Hall–Kier alpha value is -1.44. The van der Waals surface area contributed by atoms with Gasteiger partial charge in [0.2, 0.25) is 0 Å². The molecule has 0 aliphatic heterocycles. The Bertz CT molecular complexity index is 1110. The zero-order valence-corrected chi connectivity index (χ0v) is 15.5. The number of hydrogen-bond donors (Lipinski definition) is 1. The zero-order valence-electron chi connectivity index (χ0n) is 11.6. The minimum absolute atomic E-state index is 0.297. The molecule has 0 saturated carbocycles. The number of carbonyl (C=O) groups is 1. The lowest BCUT2D eigenvalue weighted by molar-refractivity contribution is 0.103. The molecule has 0 radical (unpaired) electrons. The molecule has 24 heavy (non-hydrogen) atoms. The Balaban J connectivity index is 1.79. The van der Waals surface area contributed by atoms with Crippen LogP contribution in [0.4, 0.5) is 5.69 Å². The Labute approximate surface area is 159 Å². The number of halogens is 3. The summed E-state index contributed by atoms with van der Waals surface area (Å²) < 4.78 is 9.23. The summed E-state index contributed by atoms with van der Waals surface area (Å²) in [5.74, 6) is -0.347. The van der Waals surface area contributed by atoms with E-state index in [1.807, 2.05) is 24.3 Å². The second-order valence-corrected chi connectivity index (χ2v) is 7.65. The lowest BCUT2D eigenvalue weighted by atomic mass is 10.2. The standard InChI is InChI=1S/C15H6Cl3N3OS2/c16-7-5-8(17)12-13(21-24-20-12)11(7)19-15(22)14-10(18)6-3-1-2-4-9(6)23-14/h1-5H,(H,19,22). The maximum Gasteiger partial charge on any atom is 0.267 e. The number of carbonyl (C=O) groups excluding carboxylic acids is 1. The highest BCUT2D eigenvalue weighted by atomic mass is 35.5. The van der Waals surface area contributed by atoms with E-state index in [2.05, 4.69) is 14.1 Å². The van der Waals surface area contributed by atoms with Gasteiger partial charge >= 0.3 is 0 Å². The largest absolute Gasteiger partial charge is 0.318 e. The number of hydrogen-bond acceptors (Lipinski definition) is 5. The molecule has 0 aliphatic carbocycles. The maximum absolute atomic E-state index is 12.7. The zero-order chi connectivity index (χ0) is 16.8. The third-order valence-electron chi connectivity index (χ3n) is 3.42. The molecule has 1 N–H and O–H groups in total. The third-order valence-corrected chi connectivity index (χ3v) is 6.21. The molecule has 0 unspecified atom stereocenters. The van der Waals surface area contributed by atoms with Crippen LogP contribution >= 0.6 is 57.9 Å². The second-order valence-electron chi connectivity index (χ2n) is 4.87. The van der Waals surface area contributed by atoms with Crippen molar-refractivity contribution >= 4 is 90.6 Å². The van der Waals surface area contributed by atoms with E-state index in [-0.39, 0.29) is 5.91 Å². The lowest BCUT2D eigenvalue weighted by Crippen LogP contribution is -2.11. The van der Waals surface area contributed by atoms with Crippen molar-refractivity contribution in [2.75, 3.05) is 5.32 Å². The number of nitrogens with one attached hydrogen (secondary N) is 1. The van der Waals surface area contributed by atoms with Crippen molar-refractivity contribution in [3.8, 4) is 0 Å². The Morgan fingerprint density at radius 2 is 1.79 bits per heavy atom. The van der Waals surface area contributed by atoms with Crippen LogP contribution in [0, 0.1) is 0 Å². The van der Waals surface area contributed by atoms with Crippen LogP contribution in [0.25, 0.3) is 21.1 Å². The number of benzene rings is 2. The van der Waals surface area contributed by atoms with E-state index in [0.717, 1.165) is 21.8 Å². The minimum atomic E-state index is -0.347. The van der Waals surface area contributed by atoms with Crippen molar-refractivity contribution in [2.24, 2.45) is 0 Å². The van der Waals surface area contributed by atoms with Crippen molar-refractivity contribution in [3.63, 3.8) is 0 Å². The maximum atomic E-state index is 12.7. The van der Waals surface area contributed by atoms with Gasteiger partial charge in [-0.15, -0.1) is 11.3 Å². The van der Waals surface area contributed by atoms with Crippen LogP contribution in [0.2, 0.25) is 15.1 Å². The van der Waals surface area contributed by atoms with Crippen LogP contribution in [0.1, 0.15) is 9.67 Å². The molecule has 4 aromatic rings. The predicted octanol–water partition coefficient (Wildman–Crippen LogP) is 6.12. The number of fused-ring (bicyclic) bond motifs is 2. The molecule has 0 spiro atoms. The first-order valence-corrected chi connectivity index (χ1v) is 9.33. The quantitative estimate of drug-likeness (QED) is 0.430. The lowest BCUT2D eigenvalue weighted by Gasteiger charge is -2.07. The van der Waals surface area contributed by atoms with Crippen molar-refractivity contribution in [2.45, 2.75) is 0 Å². The Morgan fingerprint density at radius 3 is 2.58 bits per heavy atom. The number of rotatable bonds is 2. The van der Waals surface area contributed by atoms with Gasteiger partial charge in [-0.2, -0.15) is 8.75 Å². The summed E-state index contributed by atoms with van der Waals surface area (Å²) in [5.41, 5.74) is 1.34. The molecule has 4 rings (SSSR count). The molecule has 2 heterocycles. The fourth-order valence-corrected chi connectivity index (χ4v) is 4.90. The van der Waals surface area contributed by atoms with Crippen molar-refractivity contribution in [3.05, 3.63) is 50.3 Å². The highest BCUT2D eigenvalue weighted by Gasteiger charge is 2.21.